The van der Waals surface area contributed by atoms with Crippen LogP contribution in [0.15, 0.2) is 36.5 Å². The minimum absolute atomic E-state index is 0.0599. The Morgan fingerprint density at radius 2 is 1.80 bits per heavy atom. The molecule has 2 aromatic rings. The molecule has 0 saturated carbocycles. The summed E-state index contributed by atoms with van der Waals surface area (Å²) in [6.07, 6.45) is 1.36. The van der Waals surface area contributed by atoms with E-state index < -0.39 is 15.1 Å². The molecule has 0 aliphatic heterocycles. The lowest BCUT2D eigenvalue weighted by Gasteiger charge is -2.13. The first-order valence-electron chi connectivity index (χ1n) is 5.56. The van der Waals surface area contributed by atoms with Crippen LogP contribution in [0.3, 0.4) is 0 Å². The van der Waals surface area contributed by atoms with Gasteiger partial charge in [-0.3, -0.25) is 10.1 Å². The fourth-order valence-electron chi connectivity index (χ4n) is 1.59. The lowest BCUT2D eigenvalue weighted by atomic mass is 10.1. The monoisotopic (exact) mass is 296 g/mol. The van der Waals surface area contributed by atoms with Crippen LogP contribution in [-0.2, 0) is 10.2 Å². The molecule has 0 atom stereocenters. The predicted molar refractivity (Wildman–Crippen MR) is 72.3 cm³/mol. The molecule has 1 heterocycles. The Morgan fingerprint density at radius 3 is 2.30 bits per heavy atom. The molecular formula is C11H12N4O4S. The van der Waals surface area contributed by atoms with Crippen molar-refractivity contribution in [2.75, 3.05) is 14.1 Å². The SMILES string of the molecule is CN(C)S(=O)(=O)n1nccc1-c1ccc([N+](=O)[O-])cc1. The molecule has 20 heavy (non-hydrogen) atoms. The normalized spacial score (nSPS) is 11.8. The highest BCUT2D eigenvalue weighted by atomic mass is 32.2. The first-order chi connectivity index (χ1) is 9.34. The molecule has 0 aliphatic carbocycles. The van der Waals surface area contributed by atoms with Gasteiger partial charge in [0, 0.05) is 31.8 Å². The molecule has 0 saturated heterocycles. The number of aromatic nitrogens is 2. The molecule has 0 unspecified atom stereocenters. The number of benzene rings is 1. The van der Waals surface area contributed by atoms with Crippen molar-refractivity contribution in [1.82, 2.24) is 13.5 Å². The Kier molecular flexibility index (Phi) is 3.55. The summed E-state index contributed by atoms with van der Waals surface area (Å²) < 4.78 is 26.1. The van der Waals surface area contributed by atoms with Crippen LogP contribution in [-0.4, -0.2) is 40.9 Å². The van der Waals surface area contributed by atoms with E-state index in [2.05, 4.69) is 5.10 Å². The number of hydrogen-bond donors (Lipinski definition) is 0. The summed E-state index contributed by atoms with van der Waals surface area (Å²) in [7, 11) is -0.935. The Bertz CT molecular complexity index is 734. The van der Waals surface area contributed by atoms with Crippen LogP contribution in [0.25, 0.3) is 11.3 Å². The molecule has 2 rings (SSSR count). The highest BCUT2D eigenvalue weighted by molar-refractivity contribution is 7.87. The van der Waals surface area contributed by atoms with E-state index in [1.807, 2.05) is 0 Å². The number of nitrogens with zero attached hydrogens (tertiary/aromatic N) is 4. The maximum Gasteiger partial charge on any atom is 0.322 e. The lowest BCUT2D eigenvalue weighted by molar-refractivity contribution is -0.384. The maximum absolute atomic E-state index is 12.1. The molecule has 0 bridgehead atoms. The highest BCUT2D eigenvalue weighted by Gasteiger charge is 2.21. The number of nitro benzene ring substituents is 1. The highest BCUT2D eigenvalue weighted by Crippen LogP contribution is 2.23. The van der Waals surface area contributed by atoms with E-state index in [0.29, 0.717) is 11.3 Å². The second-order valence-electron chi connectivity index (χ2n) is 4.15. The number of non-ortho nitro benzene ring substituents is 1. The second kappa shape index (κ2) is 5.02. The van der Waals surface area contributed by atoms with Crippen molar-refractivity contribution in [3.05, 3.63) is 46.6 Å². The van der Waals surface area contributed by atoms with E-state index in [-0.39, 0.29) is 5.69 Å². The van der Waals surface area contributed by atoms with Gasteiger partial charge >= 0.3 is 10.2 Å². The molecule has 1 aromatic heterocycles. The average Bonchev–Trinajstić information content (AvgIpc) is 2.88. The molecule has 0 spiro atoms. The van der Waals surface area contributed by atoms with Crippen LogP contribution < -0.4 is 0 Å². The summed E-state index contributed by atoms with van der Waals surface area (Å²) >= 11 is 0. The topological polar surface area (TPSA) is 98.3 Å². The van der Waals surface area contributed by atoms with Gasteiger partial charge in [-0.1, -0.05) is 0 Å². The zero-order valence-corrected chi connectivity index (χ0v) is 11.6. The van der Waals surface area contributed by atoms with Crippen molar-refractivity contribution >= 4 is 15.9 Å². The van der Waals surface area contributed by atoms with Crippen molar-refractivity contribution < 1.29 is 13.3 Å². The quantitative estimate of drug-likeness (QED) is 0.621. The number of nitro groups is 1. The van der Waals surface area contributed by atoms with Gasteiger partial charge in [-0.15, -0.1) is 4.09 Å². The first-order valence-corrected chi connectivity index (χ1v) is 6.95. The van der Waals surface area contributed by atoms with E-state index in [4.69, 9.17) is 0 Å². The smallest absolute Gasteiger partial charge is 0.258 e. The van der Waals surface area contributed by atoms with Gasteiger partial charge < -0.3 is 0 Å². The lowest BCUT2D eigenvalue weighted by Crippen LogP contribution is -2.30. The van der Waals surface area contributed by atoms with Crippen molar-refractivity contribution in [3.8, 4) is 11.3 Å². The molecule has 9 heteroatoms. The Morgan fingerprint density at radius 1 is 1.20 bits per heavy atom. The van der Waals surface area contributed by atoms with E-state index >= 15 is 0 Å². The molecule has 0 aliphatic rings. The van der Waals surface area contributed by atoms with Gasteiger partial charge in [0.15, 0.2) is 0 Å². The second-order valence-corrected chi connectivity index (χ2v) is 6.13. The molecule has 0 fully saturated rings. The molecule has 0 amide bonds. The zero-order valence-electron chi connectivity index (χ0n) is 10.8. The van der Waals surface area contributed by atoms with Crippen molar-refractivity contribution in [1.29, 1.82) is 0 Å². The Balaban J connectivity index is 2.50. The molecule has 106 valence electrons. The summed E-state index contributed by atoms with van der Waals surface area (Å²) in [5.74, 6) is 0. The van der Waals surface area contributed by atoms with Crippen LogP contribution in [0.4, 0.5) is 5.69 Å². The fraction of sp³-hybridized carbons (Fsp3) is 0.182. The fourth-order valence-corrected chi connectivity index (χ4v) is 2.49. The van der Waals surface area contributed by atoms with Crippen molar-refractivity contribution in [2.24, 2.45) is 0 Å². The molecular weight excluding hydrogens is 284 g/mol. The van der Waals surface area contributed by atoms with E-state index in [9.17, 15) is 18.5 Å². The largest absolute Gasteiger partial charge is 0.322 e. The van der Waals surface area contributed by atoms with Gasteiger partial charge in [0.05, 0.1) is 16.8 Å². The Hall–Kier alpha value is -2.26. The number of hydrogen-bond acceptors (Lipinski definition) is 5. The average molecular weight is 296 g/mol. The van der Waals surface area contributed by atoms with Crippen LogP contribution in [0.5, 0.6) is 0 Å². The van der Waals surface area contributed by atoms with E-state index in [0.717, 1.165) is 8.39 Å². The van der Waals surface area contributed by atoms with Crippen molar-refractivity contribution in [3.63, 3.8) is 0 Å². The van der Waals surface area contributed by atoms with E-state index in [1.54, 1.807) is 0 Å². The standard InChI is InChI=1S/C11H12N4O4S/c1-13(2)20(18,19)14-11(7-8-12-14)9-3-5-10(6-4-9)15(16)17/h3-8H,1-2H3. The predicted octanol–water partition coefficient (Wildman–Crippen LogP) is 1.11. The molecule has 8 nitrogen and oxygen atoms in total. The van der Waals surface area contributed by atoms with Crippen molar-refractivity contribution in [2.45, 2.75) is 0 Å². The third-order valence-electron chi connectivity index (χ3n) is 2.66. The number of rotatable bonds is 4. The van der Waals surface area contributed by atoms with Crippen LogP contribution in [0, 0.1) is 10.1 Å². The third-order valence-corrected chi connectivity index (χ3v) is 4.31. The minimum atomic E-state index is -3.73. The summed E-state index contributed by atoms with van der Waals surface area (Å²) in [6.45, 7) is 0. The maximum atomic E-state index is 12.1. The van der Waals surface area contributed by atoms with Crippen LogP contribution >= 0.6 is 0 Å². The van der Waals surface area contributed by atoms with E-state index in [1.165, 1.54) is 50.6 Å². The first kappa shape index (κ1) is 14.2. The summed E-state index contributed by atoms with van der Waals surface area (Å²) in [6, 6.07) is 7.12. The molecule has 1 aromatic carbocycles. The third kappa shape index (κ3) is 2.40. The zero-order chi connectivity index (χ0) is 14.9. The van der Waals surface area contributed by atoms with Gasteiger partial charge in [0.1, 0.15) is 0 Å². The van der Waals surface area contributed by atoms with Gasteiger partial charge in [-0.2, -0.15) is 17.8 Å². The Labute approximate surface area is 115 Å². The summed E-state index contributed by atoms with van der Waals surface area (Å²) in [4.78, 5) is 10.1. The minimum Gasteiger partial charge on any atom is -0.258 e. The summed E-state index contributed by atoms with van der Waals surface area (Å²) in [5, 5.41) is 14.4. The molecule has 0 radical (unpaired) electrons. The van der Waals surface area contributed by atoms with Gasteiger partial charge in [0.2, 0.25) is 0 Å². The van der Waals surface area contributed by atoms with Gasteiger partial charge in [-0.25, -0.2) is 0 Å². The summed E-state index contributed by atoms with van der Waals surface area (Å²) in [5.41, 5.74) is 0.808. The van der Waals surface area contributed by atoms with Gasteiger partial charge in [-0.05, 0) is 18.2 Å². The molecule has 0 N–H and O–H groups in total. The van der Waals surface area contributed by atoms with Crippen LogP contribution in [0.2, 0.25) is 0 Å². The van der Waals surface area contributed by atoms with Gasteiger partial charge in [0.25, 0.3) is 5.69 Å². The van der Waals surface area contributed by atoms with Crippen LogP contribution in [0.1, 0.15) is 0 Å².